The molecule has 0 bridgehead atoms. The molecular formula is C14H15F3O4. The average Bonchev–Trinajstić information content (AvgIpc) is 3.00. The van der Waals surface area contributed by atoms with E-state index in [1.807, 2.05) is 0 Å². The molecule has 4 atom stereocenters. The average molecular weight is 304 g/mol. The summed E-state index contributed by atoms with van der Waals surface area (Å²) in [5.74, 6) is 0. The Morgan fingerprint density at radius 1 is 1.19 bits per heavy atom. The van der Waals surface area contributed by atoms with Gasteiger partial charge in [-0.2, -0.15) is 13.2 Å². The lowest BCUT2D eigenvalue weighted by atomic mass is 10.1. The van der Waals surface area contributed by atoms with E-state index in [-0.39, 0.29) is 32.0 Å². The quantitative estimate of drug-likeness (QED) is 0.924. The molecule has 0 aliphatic carbocycles. The van der Waals surface area contributed by atoms with Gasteiger partial charge in [-0.05, 0) is 17.7 Å². The number of ether oxygens (including phenoxy) is 3. The van der Waals surface area contributed by atoms with Gasteiger partial charge in [-0.3, -0.25) is 0 Å². The van der Waals surface area contributed by atoms with Crippen LogP contribution in [0.3, 0.4) is 0 Å². The van der Waals surface area contributed by atoms with Crippen LogP contribution in [0.4, 0.5) is 13.2 Å². The zero-order valence-corrected chi connectivity index (χ0v) is 11.0. The summed E-state index contributed by atoms with van der Waals surface area (Å²) < 4.78 is 54.2. The Morgan fingerprint density at radius 2 is 1.95 bits per heavy atom. The van der Waals surface area contributed by atoms with E-state index in [1.54, 1.807) is 6.07 Å². The van der Waals surface area contributed by atoms with Crippen LogP contribution in [0.2, 0.25) is 0 Å². The number of aliphatic hydroxyl groups excluding tert-OH is 1. The predicted molar refractivity (Wildman–Crippen MR) is 65.5 cm³/mol. The molecule has 21 heavy (non-hydrogen) atoms. The molecule has 0 saturated carbocycles. The van der Waals surface area contributed by atoms with Crippen molar-refractivity contribution in [3.63, 3.8) is 0 Å². The molecule has 2 aliphatic heterocycles. The maximum atomic E-state index is 12.6. The summed E-state index contributed by atoms with van der Waals surface area (Å²) in [5.41, 5.74) is -0.261. The molecule has 116 valence electrons. The summed E-state index contributed by atoms with van der Waals surface area (Å²) in [6, 6.07) is 5.02. The number of alkyl halides is 3. The zero-order valence-electron chi connectivity index (χ0n) is 11.0. The second kappa shape index (κ2) is 5.57. The van der Waals surface area contributed by atoms with Gasteiger partial charge in [0.25, 0.3) is 0 Å². The molecule has 3 rings (SSSR count). The molecule has 4 nitrogen and oxygen atoms in total. The molecule has 1 aromatic rings. The van der Waals surface area contributed by atoms with Crippen molar-refractivity contribution in [2.45, 2.75) is 37.2 Å². The standard InChI is InChI=1S/C14H15F3O4/c15-14(16,17)9-3-1-2-8(4-9)5-19-11-7-21-12-10(18)6-20-13(11)12/h1-4,10-13,18H,5-7H2/t10-,11+,12-,13-/m1/s1. The normalized spacial score (nSPS) is 32.4. The zero-order chi connectivity index (χ0) is 15.0. The van der Waals surface area contributed by atoms with E-state index in [2.05, 4.69) is 0 Å². The SMILES string of the molecule is O[C@@H]1CO[C@H]2[C@@H]1OC[C@@H]2OCc1cccc(C(F)(F)F)c1. The van der Waals surface area contributed by atoms with Crippen molar-refractivity contribution >= 4 is 0 Å². The summed E-state index contributed by atoms with van der Waals surface area (Å²) in [5, 5.41) is 9.60. The van der Waals surface area contributed by atoms with Crippen LogP contribution >= 0.6 is 0 Å². The minimum absolute atomic E-state index is 0.0423. The fourth-order valence-corrected chi connectivity index (χ4v) is 2.63. The van der Waals surface area contributed by atoms with Gasteiger partial charge in [0.05, 0.1) is 25.4 Å². The number of benzene rings is 1. The summed E-state index contributed by atoms with van der Waals surface area (Å²) >= 11 is 0. The number of aliphatic hydroxyl groups is 1. The van der Waals surface area contributed by atoms with Crippen molar-refractivity contribution in [2.75, 3.05) is 13.2 Å². The summed E-state index contributed by atoms with van der Waals surface area (Å²) in [7, 11) is 0. The minimum Gasteiger partial charge on any atom is -0.388 e. The summed E-state index contributed by atoms with van der Waals surface area (Å²) in [6.07, 6.45) is -6.17. The molecule has 0 radical (unpaired) electrons. The second-order valence-electron chi connectivity index (χ2n) is 5.21. The van der Waals surface area contributed by atoms with Gasteiger partial charge >= 0.3 is 6.18 Å². The molecule has 0 amide bonds. The first kappa shape index (κ1) is 14.8. The van der Waals surface area contributed by atoms with Crippen LogP contribution in [-0.4, -0.2) is 42.7 Å². The van der Waals surface area contributed by atoms with Gasteiger partial charge in [0.2, 0.25) is 0 Å². The lowest BCUT2D eigenvalue weighted by Gasteiger charge is -2.17. The van der Waals surface area contributed by atoms with Crippen LogP contribution < -0.4 is 0 Å². The van der Waals surface area contributed by atoms with E-state index in [0.717, 1.165) is 12.1 Å². The number of rotatable bonds is 3. The first-order valence-electron chi connectivity index (χ1n) is 6.64. The Kier molecular flexibility index (Phi) is 3.92. The maximum absolute atomic E-state index is 12.6. The third-order valence-electron chi connectivity index (χ3n) is 3.70. The number of halogens is 3. The summed E-state index contributed by atoms with van der Waals surface area (Å²) in [4.78, 5) is 0. The predicted octanol–water partition coefficient (Wildman–Crippen LogP) is 1.75. The van der Waals surface area contributed by atoms with Gasteiger partial charge in [-0.25, -0.2) is 0 Å². The molecule has 7 heteroatoms. The second-order valence-corrected chi connectivity index (χ2v) is 5.21. The van der Waals surface area contributed by atoms with Crippen molar-refractivity contribution in [2.24, 2.45) is 0 Å². The van der Waals surface area contributed by atoms with Gasteiger partial charge in [-0.15, -0.1) is 0 Å². The van der Waals surface area contributed by atoms with Crippen LogP contribution in [-0.2, 0) is 27.0 Å². The van der Waals surface area contributed by atoms with E-state index in [0.29, 0.717) is 5.56 Å². The molecule has 2 aliphatic rings. The number of hydrogen-bond donors (Lipinski definition) is 1. The van der Waals surface area contributed by atoms with Crippen molar-refractivity contribution in [3.05, 3.63) is 35.4 Å². The molecule has 0 spiro atoms. The summed E-state index contributed by atoms with van der Waals surface area (Å²) in [6.45, 7) is 0.505. The fraction of sp³-hybridized carbons (Fsp3) is 0.571. The fourth-order valence-electron chi connectivity index (χ4n) is 2.63. The van der Waals surface area contributed by atoms with E-state index < -0.39 is 23.9 Å². The van der Waals surface area contributed by atoms with Crippen molar-refractivity contribution in [3.8, 4) is 0 Å². The monoisotopic (exact) mass is 304 g/mol. The van der Waals surface area contributed by atoms with E-state index >= 15 is 0 Å². The Morgan fingerprint density at radius 3 is 2.71 bits per heavy atom. The third kappa shape index (κ3) is 3.06. The Labute approximate surface area is 119 Å². The largest absolute Gasteiger partial charge is 0.416 e. The molecular weight excluding hydrogens is 289 g/mol. The Bertz CT molecular complexity index is 505. The highest BCUT2D eigenvalue weighted by Crippen LogP contribution is 2.31. The third-order valence-corrected chi connectivity index (χ3v) is 3.70. The van der Waals surface area contributed by atoms with Crippen LogP contribution in [0.25, 0.3) is 0 Å². The van der Waals surface area contributed by atoms with Crippen LogP contribution in [0, 0.1) is 0 Å². The molecule has 2 saturated heterocycles. The molecule has 0 unspecified atom stereocenters. The molecule has 0 aromatic heterocycles. The van der Waals surface area contributed by atoms with E-state index in [1.165, 1.54) is 6.07 Å². The van der Waals surface area contributed by atoms with Crippen molar-refractivity contribution in [1.82, 2.24) is 0 Å². The lowest BCUT2D eigenvalue weighted by Crippen LogP contribution is -2.32. The van der Waals surface area contributed by atoms with Gasteiger partial charge in [-0.1, -0.05) is 12.1 Å². The van der Waals surface area contributed by atoms with Crippen LogP contribution in [0.15, 0.2) is 24.3 Å². The Hall–Kier alpha value is -1.15. The maximum Gasteiger partial charge on any atom is 0.416 e. The number of hydrogen-bond acceptors (Lipinski definition) is 4. The number of fused-ring (bicyclic) bond motifs is 1. The van der Waals surface area contributed by atoms with Crippen LogP contribution in [0.1, 0.15) is 11.1 Å². The smallest absolute Gasteiger partial charge is 0.388 e. The van der Waals surface area contributed by atoms with E-state index in [9.17, 15) is 18.3 Å². The van der Waals surface area contributed by atoms with Gasteiger partial charge < -0.3 is 19.3 Å². The topological polar surface area (TPSA) is 47.9 Å². The van der Waals surface area contributed by atoms with Gasteiger partial charge in [0.1, 0.15) is 24.4 Å². The van der Waals surface area contributed by atoms with Crippen molar-refractivity contribution < 1.29 is 32.5 Å². The molecule has 1 N–H and O–H groups in total. The van der Waals surface area contributed by atoms with Crippen LogP contribution in [0.5, 0.6) is 0 Å². The first-order valence-corrected chi connectivity index (χ1v) is 6.64. The van der Waals surface area contributed by atoms with E-state index in [4.69, 9.17) is 14.2 Å². The Balaban J connectivity index is 1.61. The molecule has 1 aromatic carbocycles. The minimum atomic E-state index is -4.36. The van der Waals surface area contributed by atoms with Crippen molar-refractivity contribution in [1.29, 1.82) is 0 Å². The highest BCUT2D eigenvalue weighted by Gasteiger charge is 2.47. The molecule has 2 fully saturated rings. The highest BCUT2D eigenvalue weighted by molar-refractivity contribution is 5.25. The van der Waals surface area contributed by atoms with Gasteiger partial charge in [0, 0.05) is 0 Å². The van der Waals surface area contributed by atoms with Gasteiger partial charge in [0.15, 0.2) is 0 Å². The lowest BCUT2D eigenvalue weighted by molar-refractivity contribution is -0.137. The molecule has 2 heterocycles. The first-order chi connectivity index (χ1) is 9.95. The highest BCUT2D eigenvalue weighted by atomic mass is 19.4.